The van der Waals surface area contributed by atoms with Gasteiger partial charge in [0.05, 0.1) is 35.8 Å². The number of aryl methyl sites for hydroxylation is 1. The van der Waals surface area contributed by atoms with Crippen LogP contribution in [-0.4, -0.2) is 58.3 Å². The molecule has 3 aromatic rings. The molecule has 4 rings (SSSR count). The Morgan fingerprint density at radius 2 is 2.10 bits per heavy atom. The molecule has 1 saturated heterocycles. The number of methoxy groups -OCH3 is 1. The maximum atomic E-state index is 12.7. The Labute approximate surface area is 168 Å². The first kappa shape index (κ1) is 19.1. The molecule has 1 atom stereocenters. The van der Waals surface area contributed by atoms with Gasteiger partial charge in [0.2, 0.25) is 11.8 Å². The van der Waals surface area contributed by atoms with Crippen molar-refractivity contribution in [2.45, 2.75) is 13.3 Å². The molecule has 2 amide bonds. The van der Waals surface area contributed by atoms with Crippen LogP contribution < -0.4 is 5.32 Å². The van der Waals surface area contributed by atoms with Crippen molar-refractivity contribution in [1.29, 1.82) is 0 Å². The Bertz CT molecular complexity index is 1050. The summed E-state index contributed by atoms with van der Waals surface area (Å²) in [6.07, 6.45) is 1.84. The van der Waals surface area contributed by atoms with Crippen molar-refractivity contribution in [3.8, 4) is 5.69 Å². The number of nitrogens with one attached hydrogen (secondary N) is 1. The van der Waals surface area contributed by atoms with Gasteiger partial charge in [0.1, 0.15) is 0 Å². The van der Waals surface area contributed by atoms with Crippen LogP contribution >= 0.6 is 0 Å². The van der Waals surface area contributed by atoms with E-state index in [4.69, 9.17) is 4.74 Å². The molecular formula is C21H23N5O3. The summed E-state index contributed by atoms with van der Waals surface area (Å²) in [7, 11) is 1.59. The van der Waals surface area contributed by atoms with Crippen molar-refractivity contribution in [1.82, 2.24) is 19.7 Å². The Balaban J connectivity index is 1.51. The third-order valence-corrected chi connectivity index (χ3v) is 5.13. The summed E-state index contributed by atoms with van der Waals surface area (Å²) in [5, 5.41) is 8.36. The van der Waals surface area contributed by atoms with Crippen LogP contribution in [-0.2, 0) is 14.3 Å². The number of nitrogens with zero attached hydrogens (tertiary/aromatic N) is 4. The predicted octanol–water partition coefficient (Wildman–Crippen LogP) is 2.16. The number of pyridine rings is 1. The largest absolute Gasteiger partial charge is 0.383 e. The zero-order valence-electron chi connectivity index (χ0n) is 16.5. The average molecular weight is 393 g/mol. The van der Waals surface area contributed by atoms with Crippen LogP contribution in [0.15, 0.2) is 42.6 Å². The summed E-state index contributed by atoms with van der Waals surface area (Å²) in [5.41, 5.74) is 3.08. The number of hydrogen-bond donors (Lipinski definition) is 1. The van der Waals surface area contributed by atoms with E-state index in [-0.39, 0.29) is 24.2 Å². The van der Waals surface area contributed by atoms with Crippen molar-refractivity contribution < 1.29 is 14.3 Å². The van der Waals surface area contributed by atoms with Gasteiger partial charge < -0.3 is 15.0 Å². The maximum Gasteiger partial charge on any atom is 0.229 e. The number of ether oxygens (including phenoxy) is 1. The third kappa shape index (κ3) is 3.84. The highest BCUT2D eigenvalue weighted by molar-refractivity contribution is 5.98. The summed E-state index contributed by atoms with van der Waals surface area (Å²) in [5.74, 6) is -0.563. The van der Waals surface area contributed by atoms with Gasteiger partial charge in [-0.1, -0.05) is 18.2 Å². The predicted molar refractivity (Wildman–Crippen MR) is 109 cm³/mol. The lowest BCUT2D eigenvalue weighted by molar-refractivity contribution is -0.128. The second-order valence-corrected chi connectivity index (χ2v) is 7.15. The van der Waals surface area contributed by atoms with E-state index in [9.17, 15) is 9.59 Å². The number of hydrogen-bond acceptors (Lipinski definition) is 5. The molecule has 150 valence electrons. The van der Waals surface area contributed by atoms with Crippen LogP contribution in [0, 0.1) is 12.8 Å². The number of anilines is 1. The fourth-order valence-electron chi connectivity index (χ4n) is 3.57. The minimum absolute atomic E-state index is 0.0178. The molecule has 1 aliphatic rings. The molecule has 0 aliphatic carbocycles. The SMILES string of the molecule is COCCN1CC(C(=O)Nc2cnc3c(c2)c(C)nn3-c2ccccc2)CC1=O. The number of carbonyl (C=O) groups excluding carboxylic acids is 2. The average Bonchev–Trinajstić information content (AvgIpc) is 3.27. The van der Waals surface area contributed by atoms with Crippen LogP contribution in [0.2, 0.25) is 0 Å². The highest BCUT2D eigenvalue weighted by Crippen LogP contribution is 2.24. The molecule has 0 radical (unpaired) electrons. The zero-order valence-corrected chi connectivity index (χ0v) is 16.5. The summed E-state index contributed by atoms with van der Waals surface area (Å²) >= 11 is 0. The lowest BCUT2D eigenvalue weighted by atomic mass is 10.1. The van der Waals surface area contributed by atoms with Crippen LogP contribution in [0.3, 0.4) is 0 Å². The molecule has 1 aromatic carbocycles. The first-order valence-electron chi connectivity index (χ1n) is 9.55. The summed E-state index contributed by atoms with van der Waals surface area (Å²) < 4.78 is 6.81. The number of aromatic nitrogens is 3. The van der Waals surface area contributed by atoms with Gasteiger partial charge in [0.15, 0.2) is 5.65 Å². The number of amides is 2. The second-order valence-electron chi connectivity index (χ2n) is 7.15. The van der Waals surface area contributed by atoms with Crippen LogP contribution in [0.4, 0.5) is 5.69 Å². The van der Waals surface area contributed by atoms with E-state index < -0.39 is 0 Å². The van der Waals surface area contributed by atoms with Crippen LogP contribution in [0.5, 0.6) is 0 Å². The molecule has 1 unspecified atom stereocenters. The Kier molecular flexibility index (Phi) is 5.26. The van der Waals surface area contributed by atoms with Gasteiger partial charge in [-0.2, -0.15) is 5.10 Å². The van der Waals surface area contributed by atoms with E-state index in [1.807, 2.05) is 43.3 Å². The molecular weight excluding hydrogens is 370 g/mol. The van der Waals surface area contributed by atoms with Gasteiger partial charge in [0.25, 0.3) is 0 Å². The quantitative estimate of drug-likeness (QED) is 0.693. The normalized spacial score (nSPS) is 16.6. The molecule has 1 aliphatic heterocycles. The van der Waals surface area contributed by atoms with E-state index in [1.54, 1.807) is 22.9 Å². The molecule has 0 spiro atoms. The molecule has 3 heterocycles. The smallest absolute Gasteiger partial charge is 0.229 e. The molecule has 0 saturated carbocycles. The van der Waals surface area contributed by atoms with Gasteiger partial charge in [-0.3, -0.25) is 9.59 Å². The maximum absolute atomic E-state index is 12.7. The first-order chi connectivity index (χ1) is 14.1. The first-order valence-corrected chi connectivity index (χ1v) is 9.55. The zero-order chi connectivity index (χ0) is 20.4. The molecule has 2 aromatic heterocycles. The molecule has 8 heteroatoms. The van der Waals surface area contributed by atoms with E-state index in [1.165, 1.54) is 0 Å². The van der Waals surface area contributed by atoms with E-state index in [2.05, 4.69) is 15.4 Å². The van der Waals surface area contributed by atoms with Crippen molar-refractivity contribution in [3.63, 3.8) is 0 Å². The Morgan fingerprint density at radius 1 is 1.31 bits per heavy atom. The van der Waals surface area contributed by atoms with Gasteiger partial charge in [0, 0.05) is 32.0 Å². The topological polar surface area (TPSA) is 89.3 Å². The fourth-order valence-corrected chi connectivity index (χ4v) is 3.57. The van der Waals surface area contributed by atoms with Gasteiger partial charge in [-0.05, 0) is 25.1 Å². The summed E-state index contributed by atoms with van der Waals surface area (Å²) in [6, 6.07) is 11.7. The minimum Gasteiger partial charge on any atom is -0.383 e. The highest BCUT2D eigenvalue weighted by Gasteiger charge is 2.34. The van der Waals surface area contributed by atoms with E-state index in [0.717, 1.165) is 22.4 Å². The van der Waals surface area contributed by atoms with Crippen molar-refractivity contribution in [2.75, 3.05) is 32.1 Å². The number of benzene rings is 1. The van der Waals surface area contributed by atoms with Crippen LogP contribution in [0.1, 0.15) is 12.1 Å². The number of likely N-dealkylation sites (tertiary alicyclic amines) is 1. The molecule has 29 heavy (non-hydrogen) atoms. The number of rotatable bonds is 6. The standard InChI is InChI=1S/C21H23N5O3/c1-14-18-11-16(12-22-20(18)26(24-14)17-6-4-3-5-7-17)23-21(28)15-10-19(27)25(13-15)8-9-29-2/h3-7,11-12,15H,8-10,13H2,1-2H3,(H,23,28). The third-order valence-electron chi connectivity index (χ3n) is 5.13. The van der Waals surface area contributed by atoms with Crippen molar-refractivity contribution in [2.24, 2.45) is 5.92 Å². The van der Waals surface area contributed by atoms with Gasteiger partial charge >= 0.3 is 0 Å². The molecule has 1 fully saturated rings. The van der Waals surface area contributed by atoms with Crippen LogP contribution in [0.25, 0.3) is 16.7 Å². The lowest BCUT2D eigenvalue weighted by Crippen LogP contribution is -2.30. The lowest BCUT2D eigenvalue weighted by Gasteiger charge is -2.15. The Morgan fingerprint density at radius 3 is 2.86 bits per heavy atom. The summed E-state index contributed by atoms with van der Waals surface area (Å²) in [6.45, 7) is 3.29. The summed E-state index contributed by atoms with van der Waals surface area (Å²) in [4.78, 5) is 30.9. The number of carbonyl (C=O) groups is 2. The fraction of sp³-hybridized carbons (Fsp3) is 0.333. The molecule has 8 nitrogen and oxygen atoms in total. The molecule has 1 N–H and O–H groups in total. The van der Waals surface area contributed by atoms with Gasteiger partial charge in [-0.15, -0.1) is 0 Å². The van der Waals surface area contributed by atoms with Crippen molar-refractivity contribution in [3.05, 3.63) is 48.3 Å². The van der Waals surface area contributed by atoms with Crippen molar-refractivity contribution >= 4 is 28.5 Å². The van der Waals surface area contributed by atoms with Gasteiger partial charge in [-0.25, -0.2) is 9.67 Å². The Hall–Kier alpha value is -3.26. The second kappa shape index (κ2) is 8.00. The van der Waals surface area contributed by atoms with E-state index >= 15 is 0 Å². The minimum atomic E-state index is -0.372. The number of fused-ring (bicyclic) bond motifs is 1. The molecule has 0 bridgehead atoms. The van der Waals surface area contributed by atoms with E-state index in [0.29, 0.717) is 25.4 Å². The highest BCUT2D eigenvalue weighted by atomic mass is 16.5. The number of para-hydroxylation sites is 1. The monoisotopic (exact) mass is 393 g/mol.